The van der Waals surface area contributed by atoms with E-state index in [1.807, 2.05) is 12.1 Å². The number of hydrogen-bond acceptors (Lipinski definition) is 2. The molecular weight excluding hydrogens is 406 g/mol. The topological polar surface area (TPSA) is 84.1 Å². The quantitative estimate of drug-likeness (QED) is 0.230. The minimum atomic E-state index is 0.428. The van der Waals surface area contributed by atoms with Gasteiger partial charge in [0, 0.05) is 33.1 Å². The lowest BCUT2D eigenvalue weighted by molar-refractivity contribution is 0.795. The van der Waals surface area contributed by atoms with Crippen LogP contribution in [0.5, 0.6) is 0 Å². The molecule has 0 radical (unpaired) electrons. The minimum Gasteiger partial charge on any atom is -0.355 e. The summed E-state index contributed by atoms with van der Waals surface area (Å²) in [5.74, 6) is 0. The molecule has 5 heterocycles. The van der Waals surface area contributed by atoms with Gasteiger partial charge in [0.15, 0.2) is 0 Å². The van der Waals surface area contributed by atoms with Crippen molar-refractivity contribution in [3.8, 4) is 0 Å². The molecule has 5 rings (SSSR count). The van der Waals surface area contributed by atoms with E-state index in [0.717, 1.165) is 77.3 Å². The van der Waals surface area contributed by atoms with Gasteiger partial charge in [0.1, 0.15) is 5.36 Å². The van der Waals surface area contributed by atoms with E-state index in [4.69, 9.17) is 10.4 Å². The molecule has 4 N–H and O–H groups in total. The third-order valence-corrected chi connectivity index (χ3v) is 6.42. The minimum absolute atomic E-state index is 0.428. The zero-order valence-electron chi connectivity index (χ0n) is 19.4. The maximum atomic E-state index is 8.82. The molecule has 0 atom stereocenters. The van der Waals surface area contributed by atoms with E-state index in [-0.39, 0.29) is 0 Å². The number of rotatable bonds is 6. The van der Waals surface area contributed by atoms with Crippen molar-refractivity contribution >= 4 is 45.3 Å². The molecule has 0 spiro atoms. The van der Waals surface area contributed by atoms with Gasteiger partial charge in [-0.05, 0) is 85.9 Å². The van der Waals surface area contributed by atoms with Gasteiger partial charge in [0.05, 0.1) is 16.9 Å². The van der Waals surface area contributed by atoms with Crippen molar-refractivity contribution in [2.24, 2.45) is 0 Å². The van der Waals surface area contributed by atoms with Crippen LogP contribution in [0.25, 0.3) is 45.3 Å². The molecular formula is C28H31N5. The van der Waals surface area contributed by atoms with Crippen molar-refractivity contribution in [3.63, 3.8) is 0 Å². The van der Waals surface area contributed by atoms with Crippen LogP contribution in [0, 0.1) is 5.41 Å². The number of aromatic amines is 3. The number of fused-ring (bicyclic) bond motifs is 8. The predicted molar refractivity (Wildman–Crippen MR) is 138 cm³/mol. The lowest BCUT2D eigenvalue weighted by Gasteiger charge is -2.01. The number of nitrogens with zero attached hydrogens (tertiary/aromatic N) is 1. The normalized spacial score (nSPS) is 12.1. The van der Waals surface area contributed by atoms with Gasteiger partial charge >= 0.3 is 0 Å². The summed E-state index contributed by atoms with van der Waals surface area (Å²) in [5, 5.41) is 9.24. The van der Waals surface area contributed by atoms with Crippen LogP contribution in [-0.2, 0) is 12.8 Å². The molecule has 0 fully saturated rings. The van der Waals surface area contributed by atoms with Gasteiger partial charge < -0.3 is 15.0 Å². The highest BCUT2D eigenvalue weighted by Gasteiger charge is 2.10. The molecule has 0 amide bonds. The first-order chi connectivity index (χ1) is 16.2. The molecule has 1 aliphatic rings. The Balaban J connectivity index is 1.86. The average Bonchev–Trinajstić information content (AvgIpc) is 3.62. The Morgan fingerprint density at radius 2 is 1.21 bits per heavy atom. The molecule has 0 saturated carbocycles. The Labute approximate surface area is 193 Å². The van der Waals surface area contributed by atoms with Gasteiger partial charge in [-0.1, -0.05) is 26.7 Å². The van der Waals surface area contributed by atoms with Crippen LogP contribution in [0.4, 0.5) is 0 Å². The maximum absolute atomic E-state index is 8.82. The first-order valence-corrected chi connectivity index (χ1v) is 12.0. The smallest absolute Gasteiger partial charge is 0.103 e. The Hall–Kier alpha value is -3.60. The maximum Gasteiger partial charge on any atom is 0.103 e. The molecule has 1 aliphatic heterocycles. The standard InChI is InChI=1S/C28H31N5/c1-3-5-7-20-22-11-9-18(30-22)17-19-10-12-23(31-19)21(8-6-4-2)25-14-16-27(33-25)28(29)26-15-13-24(20)32-26/h9-17,29-32H,3-8H2,1-2H3. The van der Waals surface area contributed by atoms with Gasteiger partial charge in [-0.15, -0.1) is 0 Å². The van der Waals surface area contributed by atoms with E-state index in [1.165, 1.54) is 11.1 Å². The Bertz CT molecular complexity index is 1510. The molecule has 168 valence electrons. The molecule has 8 bridgehead atoms. The summed E-state index contributed by atoms with van der Waals surface area (Å²) in [7, 11) is 0. The molecule has 0 unspecified atom stereocenters. The van der Waals surface area contributed by atoms with Crippen LogP contribution < -0.4 is 5.36 Å². The van der Waals surface area contributed by atoms with E-state index in [0.29, 0.717) is 11.1 Å². The van der Waals surface area contributed by atoms with Crippen LogP contribution >= 0.6 is 0 Å². The summed E-state index contributed by atoms with van der Waals surface area (Å²) < 4.78 is 0. The molecule has 0 saturated heterocycles. The fourth-order valence-electron chi connectivity index (χ4n) is 4.56. The summed E-state index contributed by atoms with van der Waals surface area (Å²) in [5.41, 5.74) is 10.3. The first kappa shape index (κ1) is 21.3. The SMILES string of the molecule is CCCCc1c2nc(c(=N)c3ccc([nH]3)c(CCCC)c3ccc(cc4ccc1[nH]4)[nH]3)C=C2. The average molecular weight is 438 g/mol. The van der Waals surface area contributed by atoms with Crippen molar-refractivity contribution in [2.75, 3.05) is 0 Å². The van der Waals surface area contributed by atoms with E-state index in [2.05, 4.69) is 71.3 Å². The summed E-state index contributed by atoms with van der Waals surface area (Å²) in [6.07, 6.45) is 10.4. The number of unbranched alkanes of at least 4 members (excludes halogenated alkanes) is 2. The van der Waals surface area contributed by atoms with E-state index >= 15 is 0 Å². The number of aryl methyl sites for hydroxylation is 2. The molecule has 4 aromatic heterocycles. The summed E-state index contributed by atoms with van der Waals surface area (Å²) in [6.45, 7) is 4.42. The predicted octanol–water partition coefficient (Wildman–Crippen LogP) is 6.86. The molecule has 4 aromatic rings. The largest absolute Gasteiger partial charge is 0.355 e. The van der Waals surface area contributed by atoms with Crippen LogP contribution in [0.2, 0.25) is 0 Å². The number of aromatic nitrogens is 4. The van der Waals surface area contributed by atoms with E-state index < -0.39 is 0 Å². The highest BCUT2D eigenvalue weighted by atomic mass is 14.8. The van der Waals surface area contributed by atoms with Crippen molar-refractivity contribution < 1.29 is 0 Å². The zero-order chi connectivity index (χ0) is 22.8. The Morgan fingerprint density at radius 3 is 1.91 bits per heavy atom. The van der Waals surface area contributed by atoms with Crippen LogP contribution in [0.3, 0.4) is 0 Å². The highest BCUT2D eigenvalue weighted by Crippen LogP contribution is 2.22. The van der Waals surface area contributed by atoms with Gasteiger partial charge in [-0.3, -0.25) is 5.41 Å². The second-order valence-electron chi connectivity index (χ2n) is 8.84. The monoisotopic (exact) mass is 437 g/mol. The fourth-order valence-corrected chi connectivity index (χ4v) is 4.56. The molecule has 5 nitrogen and oxygen atoms in total. The van der Waals surface area contributed by atoms with Crippen LogP contribution in [0.15, 0.2) is 42.5 Å². The lowest BCUT2D eigenvalue weighted by Crippen LogP contribution is -2.04. The zero-order valence-corrected chi connectivity index (χ0v) is 19.4. The van der Waals surface area contributed by atoms with Crippen molar-refractivity contribution in [1.29, 1.82) is 5.41 Å². The molecule has 33 heavy (non-hydrogen) atoms. The molecule has 0 aliphatic carbocycles. The van der Waals surface area contributed by atoms with E-state index in [9.17, 15) is 0 Å². The van der Waals surface area contributed by atoms with Gasteiger partial charge in [0.25, 0.3) is 0 Å². The van der Waals surface area contributed by atoms with Crippen LogP contribution in [-0.4, -0.2) is 19.9 Å². The molecule has 5 heteroatoms. The van der Waals surface area contributed by atoms with Crippen LogP contribution in [0.1, 0.15) is 62.0 Å². The van der Waals surface area contributed by atoms with Gasteiger partial charge in [0.2, 0.25) is 0 Å². The third kappa shape index (κ3) is 4.23. The fraction of sp³-hybridized carbons (Fsp3) is 0.286. The summed E-state index contributed by atoms with van der Waals surface area (Å²) >= 11 is 0. The van der Waals surface area contributed by atoms with Gasteiger partial charge in [-0.25, -0.2) is 4.98 Å². The Kier molecular flexibility index (Phi) is 5.86. The first-order valence-electron chi connectivity index (χ1n) is 12.0. The summed E-state index contributed by atoms with van der Waals surface area (Å²) in [6, 6.07) is 14.8. The second-order valence-corrected chi connectivity index (χ2v) is 8.84. The lowest BCUT2D eigenvalue weighted by atomic mass is 10.1. The second kappa shape index (κ2) is 9.10. The van der Waals surface area contributed by atoms with Crippen molar-refractivity contribution in [1.82, 2.24) is 19.9 Å². The highest BCUT2D eigenvalue weighted by molar-refractivity contribution is 5.79. The van der Waals surface area contributed by atoms with Crippen molar-refractivity contribution in [2.45, 2.75) is 52.4 Å². The molecule has 0 aromatic carbocycles. The Morgan fingerprint density at radius 1 is 0.667 bits per heavy atom. The third-order valence-electron chi connectivity index (χ3n) is 6.42. The van der Waals surface area contributed by atoms with Crippen molar-refractivity contribution in [3.05, 3.63) is 70.3 Å². The number of H-pyrrole nitrogens is 3. The summed E-state index contributed by atoms with van der Waals surface area (Å²) in [4.78, 5) is 15.6. The van der Waals surface area contributed by atoms with E-state index in [1.54, 1.807) is 0 Å². The van der Waals surface area contributed by atoms with Gasteiger partial charge in [-0.2, -0.15) is 0 Å². The number of hydrogen-bond donors (Lipinski definition) is 4. The number of nitrogens with one attached hydrogen (secondary N) is 4.